The van der Waals surface area contributed by atoms with E-state index in [1.54, 1.807) is 4.31 Å². The van der Waals surface area contributed by atoms with Crippen LogP contribution < -0.4 is 0 Å². The average molecular weight is 185 g/mol. The number of rotatable bonds is 0. The maximum absolute atomic E-state index is 11.0. The van der Waals surface area contributed by atoms with Crippen molar-refractivity contribution in [1.82, 2.24) is 4.31 Å². The van der Waals surface area contributed by atoms with Crippen molar-refractivity contribution in [3.05, 3.63) is 34.3 Å². The van der Waals surface area contributed by atoms with Gasteiger partial charge in [0.1, 0.15) is 0 Å². The Hall–Kier alpha value is -0.490. The highest BCUT2D eigenvalue weighted by Gasteiger charge is 2.25. The Morgan fingerprint density at radius 2 is 2.33 bits per heavy atom. The van der Waals surface area contributed by atoms with E-state index in [0.29, 0.717) is 13.0 Å². The number of fused-ring (bicyclic) bond motifs is 1. The summed E-state index contributed by atoms with van der Waals surface area (Å²) in [5.74, 6) is 0. The van der Waals surface area contributed by atoms with Gasteiger partial charge in [-0.3, -0.25) is 4.31 Å². The summed E-state index contributed by atoms with van der Waals surface area (Å²) in [5.41, 5.74) is 1.09. The van der Waals surface area contributed by atoms with Crippen LogP contribution in [0.2, 0.25) is 0 Å². The van der Waals surface area contributed by atoms with Gasteiger partial charge >= 0.3 is 0 Å². The number of hydrogen-bond acceptors (Lipinski definition) is 4. The van der Waals surface area contributed by atoms with Crippen LogP contribution in [0.5, 0.6) is 0 Å². The molecule has 0 radical (unpaired) electrons. The van der Waals surface area contributed by atoms with Gasteiger partial charge in [0.2, 0.25) is 12.1 Å². The van der Waals surface area contributed by atoms with Crippen LogP contribution in [0.1, 0.15) is 6.42 Å². The molecule has 0 bridgehead atoms. The molecule has 5 heteroatoms. The summed E-state index contributed by atoms with van der Waals surface area (Å²) in [5, 5.41) is 22.1. The molecular weight excluding hydrogens is 176 g/mol. The van der Waals surface area contributed by atoms with Crippen molar-refractivity contribution in [3.8, 4) is 0 Å². The van der Waals surface area contributed by atoms with Crippen LogP contribution in [0.25, 0.3) is 0 Å². The van der Waals surface area contributed by atoms with Crippen LogP contribution in [0.3, 0.4) is 0 Å². The van der Waals surface area contributed by atoms with Gasteiger partial charge < -0.3 is 14.6 Å². The van der Waals surface area contributed by atoms with Gasteiger partial charge in [0, 0.05) is 12.1 Å². The van der Waals surface area contributed by atoms with E-state index in [9.17, 15) is 10.4 Å². The molecule has 4 nitrogen and oxygen atoms in total. The van der Waals surface area contributed by atoms with Crippen LogP contribution in [0.4, 0.5) is 0 Å². The molecule has 0 spiro atoms. The lowest BCUT2D eigenvalue weighted by Crippen LogP contribution is -2.40. The molecule has 0 aliphatic carbocycles. The fourth-order valence-electron chi connectivity index (χ4n) is 1.27. The smallest absolute Gasteiger partial charge is 0.202 e. The van der Waals surface area contributed by atoms with Gasteiger partial charge in [0.15, 0.2) is 0 Å². The Morgan fingerprint density at radius 3 is 3.17 bits per heavy atom. The maximum Gasteiger partial charge on any atom is 0.202 e. The first-order valence-electron chi connectivity index (χ1n) is 3.80. The SMILES string of the molecule is [O-][N+]1([O-])CCC2=CC=CCN2S1. The van der Waals surface area contributed by atoms with Crippen molar-refractivity contribution < 1.29 is 4.21 Å². The second-order valence-electron chi connectivity index (χ2n) is 2.81. The van der Waals surface area contributed by atoms with E-state index in [0.717, 1.165) is 17.8 Å². The first kappa shape index (κ1) is 8.12. The molecule has 0 aromatic carbocycles. The van der Waals surface area contributed by atoms with Crippen LogP contribution in [-0.4, -0.2) is 21.6 Å². The molecule has 2 rings (SSSR count). The van der Waals surface area contributed by atoms with E-state index < -0.39 is 4.21 Å². The summed E-state index contributed by atoms with van der Waals surface area (Å²) in [7, 11) is 0. The molecule has 0 amide bonds. The van der Waals surface area contributed by atoms with Gasteiger partial charge in [-0.15, -0.1) is 0 Å². The lowest BCUT2D eigenvalue weighted by atomic mass is 10.2. The minimum Gasteiger partial charge on any atom is -0.618 e. The molecule has 1 fully saturated rings. The Bertz CT molecular complexity index is 250. The van der Waals surface area contributed by atoms with E-state index in [-0.39, 0.29) is 6.54 Å². The third kappa shape index (κ3) is 1.49. The third-order valence-electron chi connectivity index (χ3n) is 1.88. The number of hydroxylamine groups is 2. The van der Waals surface area contributed by atoms with Gasteiger partial charge in [0.05, 0.1) is 13.1 Å². The van der Waals surface area contributed by atoms with E-state index in [1.165, 1.54) is 0 Å². The van der Waals surface area contributed by atoms with E-state index >= 15 is 0 Å². The topological polar surface area (TPSA) is 49.4 Å². The number of hydrogen-bond donors (Lipinski definition) is 0. The minimum atomic E-state index is -1.45. The molecule has 2 aliphatic rings. The number of quaternary nitrogens is 1. The standard InChI is InChI=1S/C7H9N2O2S/c10-9(11)6-4-7-3-1-2-5-8(7)12-9/h1-3H,4-6H2/q-1. The summed E-state index contributed by atoms with van der Waals surface area (Å²) >= 11 is 0.813. The summed E-state index contributed by atoms with van der Waals surface area (Å²) in [6, 6.07) is 0. The van der Waals surface area contributed by atoms with Gasteiger partial charge in [-0.2, -0.15) is 0 Å². The zero-order chi connectivity index (χ0) is 8.60. The highest BCUT2D eigenvalue weighted by Crippen LogP contribution is 2.35. The predicted octanol–water partition coefficient (Wildman–Crippen LogP) is 1.52. The monoisotopic (exact) mass is 185 g/mol. The third-order valence-corrected chi connectivity index (χ3v) is 2.89. The van der Waals surface area contributed by atoms with Gasteiger partial charge in [0.25, 0.3) is 0 Å². The van der Waals surface area contributed by atoms with Crippen molar-refractivity contribution in [3.63, 3.8) is 0 Å². The highest BCUT2D eigenvalue weighted by molar-refractivity contribution is 7.91. The summed E-state index contributed by atoms with van der Waals surface area (Å²) in [6.45, 7) is 0.793. The molecule has 2 aliphatic heterocycles. The van der Waals surface area contributed by atoms with E-state index in [2.05, 4.69) is 0 Å². The minimum absolute atomic E-state index is 0.126. The fraction of sp³-hybridized carbons (Fsp3) is 0.429. The Morgan fingerprint density at radius 1 is 1.50 bits per heavy atom. The summed E-state index contributed by atoms with van der Waals surface area (Å²) < 4.78 is 0.314. The molecule has 66 valence electrons. The van der Waals surface area contributed by atoms with E-state index in [4.69, 9.17) is 0 Å². The molecule has 0 atom stereocenters. The number of nitrogens with zero attached hydrogens (tertiary/aromatic N) is 2. The molecule has 0 saturated carbocycles. The lowest BCUT2D eigenvalue weighted by Gasteiger charge is -2.50. The summed E-state index contributed by atoms with van der Waals surface area (Å²) in [6.07, 6.45) is 6.43. The predicted molar refractivity (Wildman–Crippen MR) is 48.0 cm³/mol. The molecule has 0 aromatic heterocycles. The Balaban J connectivity index is 2.14. The molecule has 1 saturated heterocycles. The van der Waals surface area contributed by atoms with Gasteiger partial charge in [-0.05, 0) is 6.08 Å². The first-order chi connectivity index (χ1) is 5.67. The fourth-order valence-corrected chi connectivity index (χ4v) is 2.16. The maximum atomic E-state index is 11.0. The number of allylic oxidation sites excluding steroid dienone is 2. The quantitative estimate of drug-likeness (QED) is 0.326. The van der Waals surface area contributed by atoms with Crippen molar-refractivity contribution in [2.24, 2.45) is 0 Å². The molecule has 12 heavy (non-hydrogen) atoms. The van der Waals surface area contributed by atoms with Crippen LogP contribution >= 0.6 is 12.1 Å². The first-order valence-corrected chi connectivity index (χ1v) is 4.53. The molecular formula is C7H9N2O2S-. The largest absolute Gasteiger partial charge is 0.618 e. The average Bonchev–Trinajstić information content (AvgIpc) is 2.02. The molecule has 0 N–H and O–H groups in total. The van der Waals surface area contributed by atoms with Crippen molar-refractivity contribution in [2.75, 3.05) is 13.1 Å². The van der Waals surface area contributed by atoms with Gasteiger partial charge in [-0.25, -0.2) is 0 Å². The summed E-state index contributed by atoms with van der Waals surface area (Å²) in [4.78, 5) is 0. The molecule has 2 heterocycles. The molecule has 0 aromatic rings. The van der Waals surface area contributed by atoms with Gasteiger partial charge in [-0.1, -0.05) is 12.2 Å². The second-order valence-corrected chi connectivity index (χ2v) is 3.97. The zero-order valence-electron chi connectivity index (χ0n) is 6.47. The second kappa shape index (κ2) is 2.77. The highest BCUT2D eigenvalue weighted by atomic mass is 32.2. The van der Waals surface area contributed by atoms with Crippen molar-refractivity contribution in [2.45, 2.75) is 6.42 Å². The lowest BCUT2D eigenvalue weighted by molar-refractivity contribution is -0.687. The Kier molecular flexibility index (Phi) is 1.88. The molecule has 0 unspecified atom stereocenters. The van der Waals surface area contributed by atoms with Crippen molar-refractivity contribution in [1.29, 1.82) is 0 Å². The zero-order valence-corrected chi connectivity index (χ0v) is 7.29. The van der Waals surface area contributed by atoms with E-state index in [1.807, 2.05) is 18.2 Å². The van der Waals surface area contributed by atoms with Crippen LogP contribution in [-0.2, 0) is 0 Å². The Labute approximate surface area is 75.2 Å². The van der Waals surface area contributed by atoms with Crippen molar-refractivity contribution >= 4 is 12.1 Å². The normalized spacial score (nSPS) is 26.5. The van der Waals surface area contributed by atoms with Crippen LogP contribution in [0.15, 0.2) is 23.9 Å². The van der Waals surface area contributed by atoms with Crippen LogP contribution in [0, 0.1) is 10.4 Å².